The Bertz CT molecular complexity index is 332. The SMILES string of the molecule is Nc1cc(OC(F)(F)F)cc(Br)c1Cl. The molecule has 0 amide bonds. The topological polar surface area (TPSA) is 35.2 Å². The molecule has 7 heteroatoms. The van der Waals surface area contributed by atoms with E-state index in [0.717, 1.165) is 12.1 Å². The fourth-order valence-corrected chi connectivity index (χ4v) is 1.34. The largest absolute Gasteiger partial charge is 0.573 e. The van der Waals surface area contributed by atoms with Crippen molar-refractivity contribution >= 4 is 33.2 Å². The lowest BCUT2D eigenvalue weighted by molar-refractivity contribution is -0.274. The number of alkyl halides is 3. The van der Waals surface area contributed by atoms with Crippen LogP contribution in [0.2, 0.25) is 5.02 Å². The molecule has 0 heterocycles. The lowest BCUT2D eigenvalue weighted by atomic mass is 10.3. The first-order valence-corrected chi connectivity index (χ1v) is 4.47. The number of halogens is 5. The summed E-state index contributed by atoms with van der Waals surface area (Å²) in [4.78, 5) is 0. The van der Waals surface area contributed by atoms with Crippen molar-refractivity contribution in [2.75, 3.05) is 5.73 Å². The van der Waals surface area contributed by atoms with Crippen molar-refractivity contribution in [3.8, 4) is 5.75 Å². The predicted octanol–water partition coefficient (Wildman–Crippen LogP) is 3.58. The molecule has 14 heavy (non-hydrogen) atoms. The first kappa shape index (κ1) is 11.5. The molecular weight excluding hydrogens is 286 g/mol. The molecule has 0 atom stereocenters. The van der Waals surface area contributed by atoms with Gasteiger partial charge in [-0.1, -0.05) is 11.6 Å². The van der Waals surface area contributed by atoms with E-state index in [1.54, 1.807) is 0 Å². The third-order valence-electron chi connectivity index (χ3n) is 1.26. The van der Waals surface area contributed by atoms with E-state index in [-0.39, 0.29) is 15.2 Å². The standard InChI is InChI=1S/C7H4BrClF3NO/c8-4-1-3(14-7(10,11)12)2-5(13)6(4)9/h1-2H,13H2. The maximum absolute atomic E-state index is 11.8. The molecule has 0 aromatic heterocycles. The molecule has 1 rings (SSSR count). The number of benzene rings is 1. The normalized spacial score (nSPS) is 11.5. The number of anilines is 1. The van der Waals surface area contributed by atoms with Gasteiger partial charge < -0.3 is 10.5 Å². The second kappa shape index (κ2) is 3.86. The van der Waals surface area contributed by atoms with Crippen molar-refractivity contribution in [2.45, 2.75) is 6.36 Å². The van der Waals surface area contributed by atoms with Crippen LogP contribution in [0.25, 0.3) is 0 Å². The van der Waals surface area contributed by atoms with Crippen LogP contribution in [0.1, 0.15) is 0 Å². The molecule has 0 aliphatic rings. The fraction of sp³-hybridized carbons (Fsp3) is 0.143. The summed E-state index contributed by atoms with van der Waals surface area (Å²) in [6.45, 7) is 0. The number of hydrogen-bond acceptors (Lipinski definition) is 2. The zero-order valence-electron chi connectivity index (χ0n) is 6.53. The third kappa shape index (κ3) is 2.95. The van der Waals surface area contributed by atoms with Gasteiger partial charge in [-0.15, -0.1) is 13.2 Å². The summed E-state index contributed by atoms with van der Waals surface area (Å²) < 4.78 is 39.3. The molecule has 0 spiro atoms. The van der Waals surface area contributed by atoms with Gasteiger partial charge in [0.1, 0.15) is 5.75 Å². The molecule has 1 aromatic rings. The number of nitrogen functional groups attached to an aromatic ring is 1. The zero-order chi connectivity index (χ0) is 10.9. The molecule has 0 aliphatic heterocycles. The van der Waals surface area contributed by atoms with E-state index in [4.69, 9.17) is 17.3 Å². The van der Waals surface area contributed by atoms with Crippen molar-refractivity contribution in [2.24, 2.45) is 0 Å². The van der Waals surface area contributed by atoms with Crippen LogP contribution in [0.5, 0.6) is 5.75 Å². The van der Waals surface area contributed by atoms with Crippen LogP contribution in [0.15, 0.2) is 16.6 Å². The lowest BCUT2D eigenvalue weighted by Gasteiger charge is -2.10. The number of hydrogen-bond donors (Lipinski definition) is 1. The summed E-state index contributed by atoms with van der Waals surface area (Å²) in [7, 11) is 0. The Balaban J connectivity index is 3.02. The molecule has 0 radical (unpaired) electrons. The van der Waals surface area contributed by atoms with Crippen LogP contribution >= 0.6 is 27.5 Å². The number of ether oxygens (including phenoxy) is 1. The highest BCUT2D eigenvalue weighted by atomic mass is 79.9. The Morgan fingerprint density at radius 1 is 1.36 bits per heavy atom. The van der Waals surface area contributed by atoms with Crippen molar-refractivity contribution in [3.05, 3.63) is 21.6 Å². The minimum atomic E-state index is -4.74. The number of nitrogens with two attached hydrogens (primary N) is 1. The van der Waals surface area contributed by atoms with E-state index >= 15 is 0 Å². The minimum Gasteiger partial charge on any atom is -0.406 e. The first-order valence-electron chi connectivity index (χ1n) is 3.30. The van der Waals surface area contributed by atoms with Gasteiger partial charge in [0.25, 0.3) is 0 Å². The second-order valence-electron chi connectivity index (χ2n) is 2.36. The lowest BCUT2D eigenvalue weighted by Crippen LogP contribution is -2.17. The van der Waals surface area contributed by atoms with Crippen molar-refractivity contribution in [1.82, 2.24) is 0 Å². The fourth-order valence-electron chi connectivity index (χ4n) is 0.777. The average molecular weight is 290 g/mol. The van der Waals surface area contributed by atoms with Crippen LogP contribution < -0.4 is 10.5 Å². The van der Waals surface area contributed by atoms with Crippen molar-refractivity contribution in [1.29, 1.82) is 0 Å². The summed E-state index contributed by atoms with van der Waals surface area (Å²) in [6.07, 6.45) is -4.74. The molecule has 0 bridgehead atoms. The molecule has 0 saturated heterocycles. The molecule has 78 valence electrons. The summed E-state index contributed by atoms with van der Waals surface area (Å²) in [5.41, 5.74) is 5.35. The Labute approximate surface area is 90.9 Å². The Kier molecular flexibility index (Phi) is 3.16. The highest BCUT2D eigenvalue weighted by molar-refractivity contribution is 9.10. The van der Waals surface area contributed by atoms with Crippen LogP contribution in [0, 0.1) is 0 Å². The molecule has 2 N–H and O–H groups in total. The van der Waals surface area contributed by atoms with E-state index in [1.807, 2.05) is 0 Å². The van der Waals surface area contributed by atoms with Crippen LogP contribution in [-0.4, -0.2) is 6.36 Å². The van der Waals surface area contributed by atoms with Gasteiger partial charge in [0.05, 0.1) is 10.7 Å². The highest BCUT2D eigenvalue weighted by Crippen LogP contribution is 2.34. The maximum Gasteiger partial charge on any atom is 0.573 e. The van der Waals surface area contributed by atoms with E-state index in [1.165, 1.54) is 0 Å². The molecule has 2 nitrogen and oxygen atoms in total. The summed E-state index contributed by atoms with van der Waals surface area (Å²) in [5, 5.41) is 0.152. The number of rotatable bonds is 1. The van der Waals surface area contributed by atoms with E-state index in [0.29, 0.717) is 0 Å². The molecule has 1 aromatic carbocycles. The second-order valence-corrected chi connectivity index (χ2v) is 3.59. The van der Waals surface area contributed by atoms with Gasteiger partial charge in [0, 0.05) is 10.5 Å². The quantitative estimate of drug-likeness (QED) is 0.802. The van der Waals surface area contributed by atoms with Crippen LogP contribution in [-0.2, 0) is 0 Å². The summed E-state index contributed by atoms with van der Waals surface area (Å²) in [6, 6.07) is 2.09. The van der Waals surface area contributed by atoms with E-state index < -0.39 is 12.1 Å². The van der Waals surface area contributed by atoms with Gasteiger partial charge in [-0.25, -0.2) is 0 Å². The minimum absolute atomic E-state index is 0.0142. The molecular formula is C7H4BrClF3NO. The van der Waals surface area contributed by atoms with E-state index in [9.17, 15) is 13.2 Å². The maximum atomic E-state index is 11.8. The first-order chi connectivity index (χ1) is 6.29. The summed E-state index contributed by atoms with van der Waals surface area (Å²) in [5.74, 6) is -0.411. The average Bonchev–Trinajstić information content (AvgIpc) is 1.96. The Morgan fingerprint density at radius 2 is 1.93 bits per heavy atom. The van der Waals surface area contributed by atoms with Gasteiger partial charge in [-0.05, 0) is 22.0 Å². The molecule has 0 fully saturated rings. The van der Waals surface area contributed by atoms with Crippen LogP contribution in [0.4, 0.5) is 18.9 Å². The molecule has 0 unspecified atom stereocenters. The Hall–Kier alpha value is -0.620. The van der Waals surface area contributed by atoms with Crippen LogP contribution in [0.3, 0.4) is 0 Å². The highest BCUT2D eigenvalue weighted by Gasteiger charge is 2.31. The predicted molar refractivity (Wildman–Crippen MR) is 50.2 cm³/mol. The van der Waals surface area contributed by atoms with Gasteiger partial charge in [0.2, 0.25) is 0 Å². The smallest absolute Gasteiger partial charge is 0.406 e. The zero-order valence-corrected chi connectivity index (χ0v) is 8.87. The van der Waals surface area contributed by atoms with Crippen molar-refractivity contribution < 1.29 is 17.9 Å². The summed E-state index contributed by atoms with van der Waals surface area (Å²) >= 11 is 8.56. The molecule has 0 aliphatic carbocycles. The third-order valence-corrected chi connectivity index (χ3v) is 2.54. The monoisotopic (exact) mass is 289 g/mol. The van der Waals surface area contributed by atoms with Gasteiger partial charge in [-0.2, -0.15) is 0 Å². The van der Waals surface area contributed by atoms with Crippen molar-refractivity contribution in [3.63, 3.8) is 0 Å². The Morgan fingerprint density at radius 3 is 2.36 bits per heavy atom. The molecule has 0 saturated carbocycles. The van der Waals surface area contributed by atoms with E-state index in [2.05, 4.69) is 20.7 Å². The van der Waals surface area contributed by atoms with Gasteiger partial charge >= 0.3 is 6.36 Å². The van der Waals surface area contributed by atoms with Gasteiger partial charge in [-0.3, -0.25) is 0 Å². The van der Waals surface area contributed by atoms with Gasteiger partial charge in [0.15, 0.2) is 0 Å².